The molecule has 0 saturated heterocycles. The number of nitrogens with one attached hydrogen (secondary N) is 1. The second-order valence-electron chi connectivity index (χ2n) is 9.61. The Labute approximate surface area is 237 Å². The van der Waals surface area contributed by atoms with Crippen LogP contribution >= 0.6 is 0 Å². The molecule has 2 amide bonds. The third kappa shape index (κ3) is 9.90. The topological polar surface area (TPSA) is 119 Å². The molecule has 220 valence electrons. The lowest BCUT2D eigenvalue weighted by Gasteiger charge is -2.21. The van der Waals surface area contributed by atoms with Crippen LogP contribution in [0.15, 0.2) is 77.7 Å². The molecule has 0 bridgehead atoms. The predicted octanol–water partition coefficient (Wildman–Crippen LogP) is 4.98. The van der Waals surface area contributed by atoms with Gasteiger partial charge in [-0.3, -0.25) is 9.59 Å². The molecule has 0 unspecified atom stereocenters. The Balaban J connectivity index is 0.000000263. The first kappa shape index (κ1) is 31.6. The van der Waals surface area contributed by atoms with Crippen molar-refractivity contribution >= 4 is 22.3 Å². The molecule has 0 aromatic heterocycles. The highest BCUT2D eigenvalue weighted by Crippen LogP contribution is 2.29. The fraction of sp³-hybridized carbons (Fsp3) is 0.310. The highest BCUT2D eigenvalue weighted by atomic mass is 32.2. The van der Waals surface area contributed by atoms with Crippen molar-refractivity contribution in [3.63, 3.8) is 0 Å². The van der Waals surface area contributed by atoms with E-state index in [9.17, 15) is 31.2 Å². The molecular formula is C29H32F3N3O5S. The van der Waals surface area contributed by atoms with Gasteiger partial charge in [0.15, 0.2) is 0 Å². The number of nitrogens with zero attached hydrogens (tertiary/aromatic N) is 1. The average Bonchev–Trinajstić information content (AvgIpc) is 3.46. The Hall–Kier alpha value is -3.90. The SMILES string of the molecule is CN(Cc1ccc(-c2ccccc2S(N)(=O)=O)cc1)C(=O)C1CCCC1.O=CNCc1cccc(OC(F)(F)F)c1. The molecule has 1 aliphatic carbocycles. The Morgan fingerprint density at radius 2 is 1.68 bits per heavy atom. The van der Waals surface area contributed by atoms with Crippen molar-refractivity contribution in [1.29, 1.82) is 0 Å². The number of amides is 2. The van der Waals surface area contributed by atoms with Crippen molar-refractivity contribution in [3.8, 4) is 16.9 Å². The molecule has 3 N–H and O–H groups in total. The van der Waals surface area contributed by atoms with Crippen LogP contribution in [-0.4, -0.2) is 39.0 Å². The average molecular weight is 592 g/mol. The third-order valence-corrected chi connectivity index (χ3v) is 7.45. The van der Waals surface area contributed by atoms with Gasteiger partial charge in [0.25, 0.3) is 0 Å². The summed E-state index contributed by atoms with van der Waals surface area (Å²) in [6.45, 7) is 0.713. The Bertz CT molecular complexity index is 1420. The summed E-state index contributed by atoms with van der Waals surface area (Å²) in [6.07, 6.45) is 0.0394. The maximum absolute atomic E-state index is 12.4. The lowest BCUT2D eigenvalue weighted by atomic mass is 10.0. The Morgan fingerprint density at radius 1 is 1.02 bits per heavy atom. The summed E-state index contributed by atoms with van der Waals surface area (Å²) in [5, 5.41) is 7.65. The summed E-state index contributed by atoms with van der Waals surface area (Å²) in [7, 11) is -1.95. The number of sulfonamides is 1. The van der Waals surface area contributed by atoms with Gasteiger partial charge in [-0.1, -0.05) is 67.4 Å². The number of halogens is 3. The van der Waals surface area contributed by atoms with Gasteiger partial charge < -0.3 is 15.0 Å². The smallest absolute Gasteiger partial charge is 0.406 e. The minimum absolute atomic E-state index is 0.112. The number of hydrogen-bond donors (Lipinski definition) is 2. The van der Waals surface area contributed by atoms with Crippen LogP contribution in [-0.2, 0) is 32.7 Å². The number of benzene rings is 3. The van der Waals surface area contributed by atoms with Crippen molar-refractivity contribution in [2.24, 2.45) is 11.1 Å². The van der Waals surface area contributed by atoms with Crippen LogP contribution in [0.1, 0.15) is 36.8 Å². The quantitative estimate of drug-likeness (QED) is 0.340. The van der Waals surface area contributed by atoms with Gasteiger partial charge in [0, 0.05) is 31.6 Å². The zero-order chi connectivity index (χ0) is 30.0. The van der Waals surface area contributed by atoms with E-state index in [0.717, 1.165) is 36.8 Å². The van der Waals surface area contributed by atoms with E-state index in [1.807, 2.05) is 31.3 Å². The zero-order valence-electron chi connectivity index (χ0n) is 22.4. The number of carbonyl (C=O) groups is 2. The van der Waals surface area contributed by atoms with Crippen LogP contribution in [0.2, 0.25) is 0 Å². The number of rotatable bonds is 9. The van der Waals surface area contributed by atoms with Crippen LogP contribution in [0.25, 0.3) is 11.1 Å². The maximum atomic E-state index is 12.4. The Kier molecular flexibility index (Phi) is 10.9. The normalized spacial score (nSPS) is 13.6. The number of alkyl halides is 3. The predicted molar refractivity (Wildman–Crippen MR) is 148 cm³/mol. The molecule has 4 rings (SSSR count). The third-order valence-electron chi connectivity index (χ3n) is 6.48. The van der Waals surface area contributed by atoms with E-state index >= 15 is 0 Å². The van der Waals surface area contributed by atoms with E-state index in [1.54, 1.807) is 29.2 Å². The number of primary sulfonamides is 1. The molecule has 0 heterocycles. The Morgan fingerprint density at radius 3 is 2.29 bits per heavy atom. The first-order chi connectivity index (χ1) is 19.4. The highest BCUT2D eigenvalue weighted by molar-refractivity contribution is 7.89. The molecular weight excluding hydrogens is 559 g/mol. The van der Waals surface area contributed by atoms with Gasteiger partial charge in [0.05, 0.1) is 4.90 Å². The molecule has 8 nitrogen and oxygen atoms in total. The second-order valence-corrected chi connectivity index (χ2v) is 11.1. The molecule has 1 fully saturated rings. The van der Waals surface area contributed by atoms with E-state index in [0.29, 0.717) is 24.1 Å². The van der Waals surface area contributed by atoms with Gasteiger partial charge in [-0.25, -0.2) is 13.6 Å². The first-order valence-corrected chi connectivity index (χ1v) is 14.4. The molecule has 3 aromatic rings. The number of ether oxygens (including phenoxy) is 1. The maximum Gasteiger partial charge on any atom is 0.573 e. The molecule has 0 radical (unpaired) electrons. The van der Waals surface area contributed by atoms with E-state index in [-0.39, 0.29) is 29.0 Å². The molecule has 0 aliphatic heterocycles. The molecule has 0 spiro atoms. The van der Waals surface area contributed by atoms with Crippen molar-refractivity contribution < 1.29 is 35.9 Å². The number of carbonyl (C=O) groups excluding carboxylic acids is 2. The van der Waals surface area contributed by atoms with Crippen molar-refractivity contribution in [1.82, 2.24) is 10.2 Å². The van der Waals surface area contributed by atoms with Gasteiger partial charge in [0.1, 0.15) is 5.75 Å². The first-order valence-electron chi connectivity index (χ1n) is 12.8. The fourth-order valence-corrected chi connectivity index (χ4v) is 5.35. The monoisotopic (exact) mass is 591 g/mol. The summed E-state index contributed by atoms with van der Waals surface area (Å²) < 4.78 is 62.7. The summed E-state index contributed by atoms with van der Waals surface area (Å²) in [6, 6.07) is 19.7. The minimum Gasteiger partial charge on any atom is -0.406 e. The molecule has 0 atom stereocenters. The number of nitrogens with two attached hydrogens (primary N) is 1. The van der Waals surface area contributed by atoms with Gasteiger partial charge in [-0.05, 0) is 47.7 Å². The van der Waals surface area contributed by atoms with Gasteiger partial charge in [0.2, 0.25) is 22.3 Å². The second kappa shape index (κ2) is 14.1. The van der Waals surface area contributed by atoms with E-state index in [4.69, 9.17) is 5.14 Å². The minimum atomic E-state index is -4.70. The van der Waals surface area contributed by atoms with Crippen molar-refractivity contribution in [2.45, 2.75) is 50.0 Å². The molecule has 12 heteroatoms. The lowest BCUT2D eigenvalue weighted by Crippen LogP contribution is -2.31. The summed E-state index contributed by atoms with van der Waals surface area (Å²) in [5.74, 6) is 0.0831. The standard InChI is InChI=1S/C20H24N2O3S.C9H8F3NO2/c1-22(20(23)17-6-2-3-7-17)14-15-10-12-16(13-11-15)18-8-4-5-9-19(18)26(21,24)25;10-9(11,12)15-8-3-1-2-7(4-8)5-13-6-14/h4-5,8-13,17H,2-3,6-7,14H2,1H3,(H2,21,24,25);1-4,6H,5H2,(H,13,14). The zero-order valence-corrected chi connectivity index (χ0v) is 23.2. The van der Waals surface area contributed by atoms with Crippen LogP contribution in [0.4, 0.5) is 13.2 Å². The molecule has 41 heavy (non-hydrogen) atoms. The number of hydrogen-bond acceptors (Lipinski definition) is 5. The van der Waals surface area contributed by atoms with Crippen LogP contribution in [0, 0.1) is 5.92 Å². The van der Waals surface area contributed by atoms with E-state index < -0.39 is 16.4 Å². The highest BCUT2D eigenvalue weighted by Gasteiger charge is 2.31. The van der Waals surface area contributed by atoms with E-state index in [2.05, 4.69) is 10.1 Å². The molecule has 3 aromatic carbocycles. The largest absolute Gasteiger partial charge is 0.573 e. The molecule has 1 aliphatic rings. The van der Waals surface area contributed by atoms with Crippen molar-refractivity contribution in [3.05, 3.63) is 83.9 Å². The summed E-state index contributed by atoms with van der Waals surface area (Å²) >= 11 is 0. The lowest BCUT2D eigenvalue weighted by molar-refractivity contribution is -0.274. The van der Waals surface area contributed by atoms with Crippen LogP contribution in [0.5, 0.6) is 5.75 Å². The summed E-state index contributed by atoms with van der Waals surface area (Å²) in [4.78, 5) is 24.3. The fourth-order valence-electron chi connectivity index (χ4n) is 4.59. The molecule has 1 saturated carbocycles. The summed E-state index contributed by atoms with van der Waals surface area (Å²) in [5.41, 5.74) is 2.90. The van der Waals surface area contributed by atoms with Crippen LogP contribution in [0.3, 0.4) is 0 Å². The van der Waals surface area contributed by atoms with Gasteiger partial charge in [-0.2, -0.15) is 0 Å². The van der Waals surface area contributed by atoms with Crippen molar-refractivity contribution in [2.75, 3.05) is 7.05 Å². The van der Waals surface area contributed by atoms with E-state index in [1.165, 1.54) is 24.3 Å². The van der Waals surface area contributed by atoms with Gasteiger partial charge >= 0.3 is 6.36 Å². The van der Waals surface area contributed by atoms with Gasteiger partial charge in [-0.15, -0.1) is 13.2 Å². The van der Waals surface area contributed by atoms with Crippen LogP contribution < -0.4 is 15.2 Å².